The van der Waals surface area contributed by atoms with Gasteiger partial charge in [-0.3, -0.25) is 0 Å². The maximum absolute atomic E-state index is 14.3. The number of methoxy groups -OCH3 is 1. The molecule has 6 heteroatoms. The maximum Gasteiger partial charge on any atom is 0.164 e. The molecule has 1 fully saturated rings. The quantitative estimate of drug-likeness (QED) is 0.488. The number of hydrogen-bond acceptors (Lipinski definition) is 4. The molecule has 5 rings (SSSR count). The van der Waals surface area contributed by atoms with Crippen molar-refractivity contribution in [1.82, 2.24) is 4.57 Å². The molecule has 0 radical (unpaired) electrons. The van der Waals surface area contributed by atoms with Crippen molar-refractivity contribution in [3.8, 4) is 17.2 Å². The lowest BCUT2D eigenvalue weighted by Crippen LogP contribution is -2.58. The SMILES string of the molecule is COc1cc(/C=C/c2cc(O)c3c(c2)C[C@@H]2C(C)(C)[C@H](O)CC[C@@]2(C)O3)cc2c1c(F)cn2C. The van der Waals surface area contributed by atoms with E-state index in [9.17, 15) is 14.6 Å². The molecular weight excluding hydrogens is 433 g/mol. The second-order valence-electron chi connectivity index (χ2n) is 10.6. The van der Waals surface area contributed by atoms with Crippen molar-refractivity contribution in [3.05, 3.63) is 53.0 Å². The van der Waals surface area contributed by atoms with E-state index in [0.717, 1.165) is 35.0 Å². The van der Waals surface area contributed by atoms with Crippen LogP contribution < -0.4 is 9.47 Å². The van der Waals surface area contributed by atoms with Crippen molar-refractivity contribution >= 4 is 23.1 Å². The van der Waals surface area contributed by atoms with E-state index >= 15 is 0 Å². The fraction of sp³-hybridized carbons (Fsp3) is 0.429. The van der Waals surface area contributed by atoms with Crippen LogP contribution in [0.4, 0.5) is 4.39 Å². The van der Waals surface area contributed by atoms with Crippen LogP contribution >= 0.6 is 0 Å². The summed E-state index contributed by atoms with van der Waals surface area (Å²) in [5.74, 6) is 0.971. The van der Waals surface area contributed by atoms with Crippen LogP contribution in [0.25, 0.3) is 23.1 Å². The number of phenolic OH excluding ortho intramolecular Hbond substituents is 1. The molecule has 5 nitrogen and oxygen atoms in total. The molecule has 1 aliphatic heterocycles. The molecular formula is C28H32FNO4. The summed E-state index contributed by atoms with van der Waals surface area (Å²) >= 11 is 0. The number of aromatic nitrogens is 1. The minimum atomic E-state index is -0.416. The third-order valence-corrected chi connectivity index (χ3v) is 8.05. The molecule has 1 aliphatic carbocycles. The molecule has 3 aromatic rings. The number of aryl methyl sites for hydroxylation is 1. The number of aliphatic hydroxyl groups is 1. The first-order chi connectivity index (χ1) is 16.0. The van der Waals surface area contributed by atoms with Crippen LogP contribution in [0.1, 0.15) is 50.3 Å². The third-order valence-electron chi connectivity index (χ3n) is 8.05. The number of phenols is 1. The fourth-order valence-electron chi connectivity index (χ4n) is 6.00. The molecule has 2 heterocycles. The summed E-state index contributed by atoms with van der Waals surface area (Å²) in [6, 6.07) is 7.47. The van der Waals surface area contributed by atoms with E-state index in [1.54, 1.807) is 23.7 Å². The van der Waals surface area contributed by atoms with Gasteiger partial charge in [0.05, 0.1) is 24.1 Å². The molecule has 2 aromatic carbocycles. The third kappa shape index (κ3) is 3.47. The van der Waals surface area contributed by atoms with Crippen LogP contribution in [-0.4, -0.2) is 33.6 Å². The summed E-state index contributed by atoms with van der Waals surface area (Å²) in [5.41, 5.74) is 2.69. The Morgan fingerprint density at radius 1 is 1.15 bits per heavy atom. The number of nitrogens with zero attached hydrogens (tertiary/aromatic N) is 1. The first-order valence-electron chi connectivity index (χ1n) is 11.8. The fourth-order valence-corrected chi connectivity index (χ4v) is 6.00. The first kappa shape index (κ1) is 22.8. The largest absolute Gasteiger partial charge is 0.504 e. The monoisotopic (exact) mass is 465 g/mol. The number of hydrogen-bond donors (Lipinski definition) is 2. The van der Waals surface area contributed by atoms with E-state index in [1.807, 2.05) is 24.3 Å². The van der Waals surface area contributed by atoms with Gasteiger partial charge in [0.2, 0.25) is 0 Å². The Balaban J connectivity index is 1.50. The van der Waals surface area contributed by atoms with E-state index in [0.29, 0.717) is 23.3 Å². The predicted octanol–water partition coefficient (Wildman–Crippen LogP) is 5.69. The van der Waals surface area contributed by atoms with Crippen LogP contribution in [0, 0.1) is 17.2 Å². The van der Waals surface area contributed by atoms with Crippen molar-refractivity contribution in [2.24, 2.45) is 18.4 Å². The van der Waals surface area contributed by atoms with Gasteiger partial charge < -0.3 is 24.3 Å². The van der Waals surface area contributed by atoms with Gasteiger partial charge in [-0.1, -0.05) is 26.0 Å². The van der Waals surface area contributed by atoms with Crippen LogP contribution in [0.2, 0.25) is 0 Å². The summed E-state index contributed by atoms with van der Waals surface area (Å²) in [5, 5.41) is 21.9. The van der Waals surface area contributed by atoms with Crippen molar-refractivity contribution in [2.45, 2.75) is 51.7 Å². The van der Waals surface area contributed by atoms with Gasteiger partial charge in [0.1, 0.15) is 11.4 Å². The number of benzene rings is 2. The summed E-state index contributed by atoms with van der Waals surface area (Å²) in [4.78, 5) is 0. The standard InChI is InChI=1S/C28H32FNO4/c1-27(2)23-14-18-10-16(12-21(31)26(18)34-28(23,3)9-8-24(27)32)6-7-17-11-20-25(22(13-17)33-5)19(29)15-30(20)4/h6-7,10-13,15,23-24,31-32H,8-9,14H2,1-5H3/b7-6+/t23-,24-,28-/m1/s1. The van der Waals surface area contributed by atoms with Gasteiger partial charge in [-0.05, 0) is 72.6 Å². The molecule has 2 aliphatic rings. The average Bonchev–Trinajstić information content (AvgIpc) is 3.08. The maximum atomic E-state index is 14.3. The van der Waals surface area contributed by atoms with Crippen LogP contribution in [0.5, 0.6) is 17.2 Å². The second kappa shape index (κ2) is 7.77. The number of fused-ring (bicyclic) bond motifs is 3. The van der Waals surface area contributed by atoms with Gasteiger partial charge >= 0.3 is 0 Å². The van der Waals surface area contributed by atoms with Crippen LogP contribution in [0.15, 0.2) is 30.5 Å². The number of aliphatic hydroxyl groups excluding tert-OH is 1. The molecule has 3 atom stereocenters. The Kier molecular flexibility index (Phi) is 5.21. The molecule has 0 amide bonds. The Hall–Kier alpha value is -2.99. The topological polar surface area (TPSA) is 63.9 Å². The van der Waals surface area contributed by atoms with Gasteiger partial charge in [-0.15, -0.1) is 0 Å². The Morgan fingerprint density at radius 3 is 2.56 bits per heavy atom. The highest BCUT2D eigenvalue weighted by atomic mass is 19.1. The lowest BCUT2D eigenvalue weighted by molar-refractivity contribution is -0.138. The summed E-state index contributed by atoms with van der Waals surface area (Å²) in [7, 11) is 3.34. The highest BCUT2D eigenvalue weighted by Crippen LogP contribution is 2.54. The number of ether oxygens (including phenoxy) is 2. The van der Waals surface area contributed by atoms with Gasteiger partial charge in [0.25, 0.3) is 0 Å². The predicted molar refractivity (Wildman–Crippen MR) is 132 cm³/mol. The van der Waals surface area contributed by atoms with Gasteiger partial charge in [0, 0.05) is 19.2 Å². The van der Waals surface area contributed by atoms with E-state index in [4.69, 9.17) is 9.47 Å². The van der Waals surface area contributed by atoms with Crippen molar-refractivity contribution in [3.63, 3.8) is 0 Å². The zero-order valence-electron chi connectivity index (χ0n) is 20.4. The normalized spacial score (nSPS) is 25.7. The zero-order valence-corrected chi connectivity index (χ0v) is 20.4. The minimum absolute atomic E-state index is 0.123. The Morgan fingerprint density at radius 2 is 1.85 bits per heavy atom. The summed E-state index contributed by atoms with van der Waals surface area (Å²) < 4.78 is 27.9. The molecule has 1 aromatic heterocycles. The minimum Gasteiger partial charge on any atom is -0.504 e. The summed E-state index contributed by atoms with van der Waals surface area (Å²) in [6.07, 6.45) is 7.10. The van der Waals surface area contributed by atoms with Gasteiger partial charge in [0.15, 0.2) is 17.3 Å². The molecule has 0 saturated heterocycles. The van der Waals surface area contributed by atoms with E-state index in [-0.39, 0.29) is 29.0 Å². The lowest BCUT2D eigenvalue weighted by Gasteiger charge is -2.55. The molecule has 1 saturated carbocycles. The number of halogens is 1. The van der Waals surface area contributed by atoms with E-state index in [1.165, 1.54) is 13.3 Å². The molecule has 2 N–H and O–H groups in total. The van der Waals surface area contributed by atoms with Crippen molar-refractivity contribution in [1.29, 1.82) is 0 Å². The number of aromatic hydroxyl groups is 1. The number of rotatable bonds is 3. The average molecular weight is 466 g/mol. The van der Waals surface area contributed by atoms with Crippen LogP contribution in [0.3, 0.4) is 0 Å². The van der Waals surface area contributed by atoms with Crippen molar-refractivity contribution in [2.75, 3.05) is 7.11 Å². The Bertz CT molecular complexity index is 1310. The van der Waals surface area contributed by atoms with Crippen molar-refractivity contribution < 1.29 is 24.1 Å². The van der Waals surface area contributed by atoms with Gasteiger partial charge in [-0.25, -0.2) is 4.39 Å². The summed E-state index contributed by atoms with van der Waals surface area (Å²) in [6.45, 7) is 6.30. The highest BCUT2D eigenvalue weighted by molar-refractivity contribution is 5.90. The molecule has 0 spiro atoms. The van der Waals surface area contributed by atoms with Gasteiger partial charge in [-0.2, -0.15) is 0 Å². The lowest BCUT2D eigenvalue weighted by atomic mass is 9.57. The molecule has 180 valence electrons. The Labute approximate surface area is 199 Å². The zero-order chi connectivity index (χ0) is 24.4. The molecule has 34 heavy (non-hydrogen) atoms. The molecule has 0 unspecified atom stereocenters. The smallest absolute Gasteiger partial charge is 0.164 e. The van der Waals surface area contributed by atoms with Crippen LogP contribution in [-0.2, 0) is 13.5 Å². The second-order valence-corrected chi connectivity index (χ2v) is 10.6. The van der Waals surface area contributed by atoms with E-state index in [2.05, 4.69) is 20.8 Å². The first-order valence-corrected chi connectivity index (χ1v) is 11.8. The molecule has 0 bridgehead atoms. The highest BCUT2D eigenvalue weighted by Gasteiger charge is 2.54. The van der Waals surface area contributed by atoms with E-state index < -0.39 is 5.60 Å².